The summed E-state index contributed by atoms with van der Waals surface area (Å²) in [6, 6.07) is 8.28. The van der Waals surface area contributed by atoms with Crippen LogP contribution in [-0.4, -0.2) is 17.4 Å². The van der Waals surface area contributed by atoms with Gasteiger partial charge in [-0.3, -0.25) is 0 Å². The number of fused-ring (bicyclic) bond motifs is 1. The van der Waals surface area contributed by atoms with Gasteiger partial charge in [0.15, 0.2) is 0 Å². The maximum atomic E-state index is 10.6. The van der Waals surface area contributed by atoms with Gasteiger partial charge in [-0.15, -0.1) is 0 Å². The largest absolute Gasteiger partial charge is 0.371 e. The molecule has 0 saturated heterocycles. The molecule has 1 aromatic rings. The fraction of sp³-hybridized carbons (Fsp3) is 0.429. The van der Waals surface area contributed by atoms with Crippen molar-refractivity contribution in [2.24, 2.45) is 5.92 Å². The van der Waals surface area contributed by atoms with Gasteiger partial charge < -0.3 is 10.0 Å². The molecule has 1 fully saturated rings. The lowest BCUT2D eigenvalue weighted by Gasteiger charge is -2.52. The minimum Gasteiger partial charge on any atom is -0.371 e. The van der Waals surface area contributed by atoms with E-state index in [1.165, 1.54) is 11.3 Å². The summed E-state index contributed by atoms with van der Waals surface area (Å²) in [5, 5.41) is 10.6. The van der Waals surface area contributed by atoms with E-state index in [2.05, 4.69) is 36.1 Å². The molecule has 0 aromatic heterocycles. The Morgan fingerprint density at radius 1 is 1.38 bits per heavy atom. The van der Waals surface area contributed by atoms with Crippen LogP contribution < -0.4 is 4.90 Å². The van der Waals surface area contributed by atoms with Crippen molar-refractivity contribution in [3.8, 4) is 0 Å². The summed E-state index contributed by atoms with van der Waals surface area (Å²) in [6.07, 6.45) is 6.28. The molecule has 84 valence electrons. The first kappa shape index (κ1) is 9.91. The molecule has 2 aliphatic rings. The molecule has 16 heavy (non-hydrogen) atoms. The van der Waals surface area contributed by atoms with Gasteiger partial charge >= 0.3 is 0 Å². The molecule has 0 spiro atoms. The van der Waals surface area contributed by atoms with Gasteiger partial charge in [0.1, 0.15) is 5.72 Å². The molecule has 1 aliphatic heterocycles. The lowest BCUT2D eigenvalue weighted by molar-refractivity contribution is -0.0861. The summed E-state index contributed by atoms with van der Waals surface area (Å²) in [6.45, 7) is 2.95. The van der Waals surface area contributed by atoms with Crippen molar-refractivity contribution in [1.29, 1.82) is 0 Å². The molecule has 2 unspecified atom stereocenters. The predicted octanol–water partition coefficient (Wildman–Crippen LogP) is 2.64. The molecule has 3 rings (SSSR count). The van der Waals surface area contributed by atoms with Crippen LogP contribution in [0.1, 0.15) is 25.3 Å². The number of rotatable bonds is 1. The van der Waals surface area contributed by atoms with Crippen LogP contribution in [0.15, 0.2) is 30.3 Å². The van der Waals surface area contributed by atoms with Crippen LogP contribution in [0.25, 0.3) is 6.08 Å². The molecular formula is C14H17NO. The first-order chi connectivity index (χ1) is 7.72. The van der Waals surface area contributed by atoms with Crippen molar-refractivity contribution >= 4 is 11.8 Å². The van der Waals surface area contributed by atoms with Crippen LogP contribution >= 0.6 is 0 Å². The second-order valence-electron chi connectivity index (χ2n) is 4.89. The maximum Gasteiger partial charge on any atom is 0.140 e. The number of aliphatic hydroxyl groups is 1. The lowest BCUT2D eigenvalue weighted by Crippen LogP contribution is -2.60. The van der Waals surface area contributed by atoms with Gasteiger partial charge in [-0.25, -0.2) is 0 Å². The molecule has 0 radical (unpaired) electrons. The SMILES string of the molecule is CC1CCC1(O)N1CC=Cc2ccccc21. The van der Waals surface area contributed by atoms with Crippen molar-refractivity contribution in [2.45, 2.75) is 25.5 Å². The van der Waals surface area contributed by atoms with Gasteiger partial charge in [0, 0.05) is 18.2 Å². The smallest absolute Gasteiger partial charge is 0.140 e. The van der Waals surface area contributed by atoms with Gasteiger partial charge in [-0.1, -0.05) is 37.3 Å². The standard InChI is InChI=1S/C14H17NO/c1-11-8-9-14(11,16)15-10-4-6-12-5-2-3-7-13(12)15/h2-7,11,16H,8-10H2,1H3. The van der Waals surface area contributed by atoms with E-state index in [-0.39, 0.29) is 0 Å². The number of hydrogen-bond donors (Lipinski definition) is 1. The van der Waals surface area contributed by atoms with Crippen molar-refractivity contribution in [3.63, 3.8) is 0 Å². The zero-order valence-corrected chi connectivity index (χ0v) is 9.56. The number of nitrogens with zero attached hydrogens (tertiary/aromatic N) is 1. The van der Waals surface area contributed by atoms with Crippen molar-refractivity contribution in [1.82, 2.24) is 0 Å². The highest BCUT2D eigenvalue weighted by Gasteiger charge is 2.47. The maximum absolute atomic E-state index is 10.6. The fourth-order valence-corrected chi connectivity index (χ4v) is 2.72. The third-order valence-corrected chi connectivity index (χ3v) is 4.01. The Labute approximate surface area is 96.2 Å². The van der Waals surface area contributed by atoms with Crippen LogP contribution in [0.2, 0.25) is 0 Å². The second kappa shape index (κ2) is 3.36. The van der Waals surface area contributed by atoms with Crippen LogP contribution in [-0.2, 0) is 0 Å². The zero-order valence-electron chi connectivity index (χ0n) is 9.56. The summed E-state index contributed by atoms with van der Waals surface area (Å²) in [5.41, 5.74) is 1.75. The number of anilines is 1. The number of para-hydroxylation sites is 1. The van der Waals surface area contributed by atoms with Gasteiger partial charge in [0.25, 0.3) is 0 Å². The summed E-state index contributed by atoms with van der Waals surface area (Å²) < 4.78 is 0. The summed E-state index contributed by atoms with van der Waals surface area (Å²) in [4.78, 5) is 2.15. The molecule has 1 aromatic carbocycles. The molecule has 1 heterocycles. The quantitative estimate of drug-likeness (QED) is 0.778. The Kier molecular flexibility index (Phi) is 2.08. The van der Waals surface area contributed by atoms with E-state index in [4.69, 9.17) is 0 Å². The predicted molar refractivity (Wildman–Crippen MR) is 66.2 cm³/mol. The molecule has 2 heteroatoms. The Morgan fingerprint density at radius 2 is 2.19 bits per heavy atom. The van der Waals surface area contributed by atoms with Crippen LogP contribution in [0.3, 0.4) is 0 Å². The van der Waals surface area contributed by atoms with Gasteiger partial charge in [-0.05, 0) is 24.5 Å². The molecule has 0 bridgehead atoms. The van der Waals surface area contributed by atoms with Crippen LogP contribution in [0.5, 0.6) is 0 Å². The minimum atomic E-state index is -0.624. The normalized spacial score (nSPS) is 32.1. The summed E-state index contributed by atoms with van der Waals surface area (Å²) in [5.74, 6) is 0.368. The van der Waals surface area contributed by atoms with E-state index in [0.29, 0.717) is 5.92 Å². The highest BCUT2D eigenvalue weighted by atomic mass is 16.3. The molecule has 1 aliphatic carbocycles. The van der Waals surface area contributed by atoms with Gasteiger partial charge in [-0.2, -0.15) is 0 Å². The first-order valence-corrected chi connectivity index (χ1v) is 5.97. The molecular weight excluding hydrogens is 198 g/mol. The Morgan fingerprint density at radius 3 is 2.88 bits per heavy atom. The van der Waals surface area contributed by atoms with Crippen LogP contribution in [0.4, 0.5) is 5.69 Å². The topological polar surface area (TPSA) is 23.5 Å². The van der Waals surface area contributed by atoms with E-state index >= 15 is 0 Å². The van der Waals surface area contributed by atoms with E-state index in [1.54, 1.807) is 0 Å². The second-order valence-corrected chi connectivity index (χ2v) is 4.89. The van der Waals surface area contributed by atoms with Crippen molar-refractivity contribution in [2.75, 3.05) is 11.4 Å². The van der Waals surface area contributed by atoms with E-state index in [9.17, 15) is 5.11 Å². The van der Waals surface area contributed by atoms with Gasteiger partial charge in [0.2, 0.25) is 0 Å². The van der Waals surface area contributed by atoms with E-state index in [1.807, 2.05) is 12.1 Å². The molecule has 2 nitrogen and oxygen atoms in total. The Balaban J connectivity index is 2.02. The summed E-state index contributed by atoms with van der Waals surface area (Å²) in [7, 11) is 0. The average molecular weight is 215 g/mol. The average Bonchev–Trinajstić information content (AvgIpc) is 2.35. The molecule has 2 atom stereocenters. The van der Waals surface area contributed by atoms with E-state index in [0.717, 1.165) is 19.4 Å². The van der Waals surface area contributed by atoms with Crippen molar-refractivity contribution < 1.29 is 5.11 Å². The third-order valence-electron chi connectivity index (χ3n) is 4.01. The lowest BCUT2D eigenvalue weighted by atomic mass is 9.75. The molecule has 1 N–H and O–H groups in total. The minimum absolute atomic E-state index is 0.368. The van der Waals surface area contributed by atoms with E-state index < -0.39 is 5.72 Å². The summed E-state index contributed by atoms with van der Waals surface area (Å²) >= 11 is 0. The Hall–Kier alpha value is -1.28. The molecule has 1 saturated carbocycles. The third kappa shape index (κ3) is 1.23. The monoisotopic (exact) mass is 215 g/mol. The number of benzene rings is 1. The Bertz CT molecular complexity index is 440. The molecule has 0 amide bonds. The van der Waals surface area contributed by atoms with Crippen LogP contribution in [0, 0.1) is 5.92 Å². The highest BCUT2D eigenvalue weighted by Crippen LogP contribution is 2.44. The zero-order chi connectivity index (χ0) is 11.2. The highest BCUT2D eigenvalue weighted by molar-refractivity contribution is 5.72. The van der Waals surface area contributed by atoms with Crippen molar-refractivity contribution in [3.05, 3.63) is 35.9 Å². The van der Waals surface area contributed by atoms with Gasteiger partial charge in [0.05, 0.1) is 0 Å². The fourth-order valence-electron chi connectivity index (χ4n) is 2.72. The number of hydrogen-bond acceptors (Lipinski definition) is 2. The first-order valence-electron chi connectivity index (χ1n) is 5.97.